The minimum absolute atomic E-state index is 0.0639. The van der Waals surface area contributed by atoms with Crippen LogP contribution >= 0.6 is 7.60 Å². The van der Waals surface area contributed by atoms with E-state index < -0.39 is 44.3 Å². The van der Waals surface area contributed by atoms with Gasteiger partial charge in [-0.05, 0) is 27.7 Å². The van der Waals surface area contributed by atoms with Crippen LogP contribution in [-0.2, 0) is 23.5 Å². The summed E-state index contributed by atoms with van der Waals surface area (Å²) in [7, 11) is -4.29. The Labute approximate surface area is 172 Å². The van der Waals surface area contributed by atoms with E-state index in [4.69, 9.17) is 33.5 Å². The van der Waals surface area contributed by atoms with Crippen LogP contribution in [0.15, 0.2) is 12.7 Å². The molecule has 2 aliphatic rings. The fraction of sp³-hybridized carbons (Fsp3) is 0.706. The van der Waals surface area contributed by atoms with Crippen molar-refractivity contribution in [2.45, 2.75) is 64.1 Å². The van der Waals surface area contributed by atoms with Gasteiger partial charge in [0.1, 0.15) is 31.0 Å². The lowest BCUT2D eigenvalue weighted by Gasteiger charge is -2.24. The SMILES string of the molecule is CC(C)Oc1ncnc2c1ncn2[C@@H]1O[C@H](COCP(=O)(O)O)[C@H]2OC(C)(C)O[C@H]21. The Morgan fingerprint density at radius 3 is 2.67 bits per heavy atom. The van der Waals surface area contributed by atoms with E-state index in [0.29, 0.717) is 17.0 Å². The molecule has 0 radical (unpaired) electrons. The lowest BCUT2D eigenvalue weighted by atomic mass is 10.1. The number of nitrogens with zero attached hydrogens (tertiary/aromatic N) is 4. The maximum absolute atomic E-state index is 11.1. The van der Waals surface area contributed by atoms with Crippen LogP contribution in [0.2, 0.25) is 0 Å². The average Bonchev–Trinajstić information content (AvgIpc) is 3.26. The molecule has 0 amide bonds. The fourth-order valence-electron chi connectivity index (χ4n) is 3.63. The second-order valence-corrected chi connectivity index (χ2v) is 9.55. The van der Waals surface area contributed by atoms with E-state index in [0.717, 1.165) is 0 Å². The van der Waals surface area contributed by atoms with Crippen molar-refractivity contribution >= 4 is 18.8 Å². The summed E-state index contributed by atoms with van der Waals surface area (Å²) in [6, 6.07) is 0. The monoisotopic (exact) mass is 444 g/mol. The van der Waals surface area contributed by atoms with Gasteiger partial charge in [0, 0.05) is 0 Å². The highest BCUT2D eigenvalue weighted by atomic mass is 31.2. The molecule has 0 spiro atoms. The van der Waals surface area contributed by atoms with E-state index in [9.17, 15) is 4.57 Å². The first-order valence-electron chi connectivity index (χ1n) is 9.52. The molecule has 2 saturated heterocycles. The van der Waals surface area contributed by atoms with Gasteiger partial charge < -0.3 is 33.5 Å². The molecule has 12 nitrogen and oxygen atoms in total. The van der Waals surface area contributed by atoms with Crippen molar-refractivity contribution in [3.8, 4) is 5.88 Å². The molecule has 0 aliphatic carbocycles. The predicted molar refractivity (Wildman–Crippen MR) is 102 cm³/mol. The van der Waals surface area contributed by atoms with Crippen LogP contribution in [0.3, 0.4) is 0 Å². The van der Waals surface area contributed by atoms with Gasteiger partial charge >= 0.3 is 7.60 Å². The van der Waals surface area contributed by atoms with Crippen LogP contribution in [0.5, 0.6) is 5.88 Å². The Balaban J connectivity index is 1.61. The molecule has 4 atom stereocenters. The van der Waals surface area contributed by atoms with Gasteiger partial charge in [0.2, 0.25) is 5.88 Å². The smallest absolute Gasteiger partial charge is 0.350 e. The van der Waals surface area contributed by atoms with Crippen LogP contribution in [0.1, 0.15) is 33.9 Å². The molecule has 0 aromatic carbocycles. The zero-order valence-corrected chi connectivity index (χ0v) is 17.9. The number of aromatic nitrogens is 4. The minimum atomic E-state index is -4.29. The first-order valence-corrected chi connectivity index (χ1v) is 11.3. The van der Waals surface area contributed by atoms with E-state index in [1.165, 1.54) is 6.33 Å². The molecule has 30 heavy (non-hydrogen) atoms. The van der Waals surface area contributed by atoms with E-state index in [2.05, 4.69) is 15.0 Å². The normalized spacial score (nSPS) is 28.4. The number of ether oxygens (including phenoxy) is 5. The van der Waals surface area contributed by atoms with Gasteiger partial charge in [0.25, 0.3) is 0 Å². The van der Waals surface area contributed by atoms with Gasteiger partial charge in [0.05, 0.1) is 19.0 Å². The highest BCUT2D eigenvalue weighted by Gasteiger charge is 2.56. The van der Waals surface area contributed by atoms with Crippen LogP contribution < -0.4 is 4.74 Å². The Morgan fingerprint density at radius 1 is 1.23 bits per heavy atom. The number of rotatable bonds is 7. The van der Waals surface area contributed by atoms with Gasteiger partial charge in [-0.1, -0.05) is 0 Å². The summed E-state index contributed by atoms with van der Waals surface area (Å²) in [4.78, 5) is 30.9. The summed E-state index contributed by atoms with van der Waals surface area (Å²) in [6.07, 6.45) is -0.0354. The lowest BCUT2D eigenvalue weighted by molar-refractivity contribution is -0.201. The van der Waals surface area contributed by atoms with E-state index in [1.807, 2.05) is 13.8 Å². The third-order valence-corrected chi connectivity index (χ3v) is 5.13. The van der Waals surface area contributed by atoms with Gasteiger partial charge in [-0.25, -0.2) is 9.97 Å². The van der Waals surface area contributed by atoms with Crippen LogP contribution in [0, 0.1) is 0 Å². The molecule has 2 fully saturated rings. The zero-order chi connectivity index (χ0) is 21.7. The molecular formula is C17H25N4O8P. The number of fused-ring (bicyclic) bond motifs is 2. The Bertz CT molecular complexity index is 960. The lowest BCUT2D eigenvalue weighted by Crippen LogP contribution is -2.33. The predicted octanol–water partition coefficient (Wildman–Crippen LogP) is 1.18. The molecule has 2 aromatic heterocycles. The van der Waals surface area contributed by atoms with Crippen LogP contribution in [-0.4, -0.2) is 72.5 Å². The summed E-state index contributed by atoms with van der Waals surface area (Å²) in [5, 5.41) is 0. The van der Waals surface area contributed by atoms with Gasteiger partial charge in [-0.3, -0.25) is 9.13 Å². The van der Waals surface area contributed by atoms with E-state index >= 15 is 0 Å². The highest BCUT2D eigenvalue weighted by Crippen LogP contribution is 2.44. The first-order chi connectivity index (χ1) is 14.0. The quantitative estimate of drug-likeness (QED) is 0.593. The molecule has 2 aromatic rings. The first kappa shape index (κ1) is 21.6. The van der Waals surface area contributed by atoms with Crippen LogP contribution in [0.25, 0.3) is 11.2 Å². The molecule has 2 aliphatic heterocycles. The summed E-state index contributed by atoms with van der Waals surface area (Å²) in [5.74, 6) is -0.482. The van der Waals surface area contributed by atoms with Crippen molar-refractivity contribution in [3.05, 3.63) is 12.7 Å². The molecule has 2 N–H and O–H groups in total. The third kappa shape index (κ3) is 4.35. The fourth-order valence-corrected chi connectivity index (χ4v) is 3.97. The molecule has 13 heteroatoms. The molecule has 4 rings (SSSR count). The van der Waals surface area contributed by atoms with Gasteiger partial charge in [-0.15, -0.1) is 0 Å². The van der Waals surface area contributed by atoms with Crippen molar-refractivity contribution < 1.29 is 38.0 Å². The number of imidazole rings is 1. The average molecular weight is 444 g/mol. The summed E-state index contributed by atoms with van der Waals surface area (Å²) in [5.41, 5.74) is 1.00. The number of hydrogen-bond donors (Lipinski definition) is 2. The maximum Gasteiger partial charge on any atom is 0.350 e. The summed E-state index contributed by atoms with van der Waals surface area (Å²) in [6.45, 7) is 7.30. The topological polar surface area (TPSA) is 147 Å². The Morgan fingerprint density at radius 2 is 1.97 bits per heavy atom. The molecule has 0 unspecified atom stereocenters. The Kier molecular flexibility index (Phi) is 5.60. The molecule has 166 valence electrons. The largest absolute Gasteiger partial charge is 0.473 e. The summed E-state index contributed by atoms with van der Waals surface area (Å²) < 4.78 is 41.8. The molecule has 0 saturated carbocycles. The molecule has 0 bridgehead atoms. The highest BCUT2D eigenvalue weighted by molar-refractivity contribution is 7.51. The Hall–Kier alpha value is -1.66. The second-order valence-electron chi connectivity index (χ2n) is 7.96. The van der Waals surface area contributed by atoms with Crippen molar-refractivity contribution in [1.82, 2.24) is 19.5 Å². The van der Waals surface area contributed by atoms with Crippen LogP contribution in [0.4, 0.5) is 0 Å². The maximum atomic E-state index is 11.1. The van der Waals surface area contributed by atoms with Crippen molar-refractivity contribution in [2.24, 2.45) is 0 Å². The van der Waals surface area contributed by atoms with Crippen molar-refractivity contribution in [1.29, 1.82) is 0 Å². The summed E-state index contributed by atoms with van der Waals surface area (Å²) >= 11 is 0. The molecule has 4 heterocycles. The third-order valence-electron chi connectivity index (χ3n) is 4.61. The number of hydrogen-bond acceptors (Lipinski definition) is 9. The van der Waals surface area contributed by atoms with Crippen molar-refractivity contribution in [2.75, 3.05) is 13.0 Å². The van der Waals surface area contributed by atoms with E-state index in [1.54, 1.807) is 24.7 Å². The second kappa shape index (κ2) is 7.79. The van der Waals surface area contributed by atoms with E-state index in [-0.39, 0.29) is 12.7 Å². The standard InChI is InChI=1S/C17H25N4O8P/c1-9(2)26-15-11-14(18-6-19-15)21(7-20-11)16-13-12(28-17(3,4)29-13)10(27-16)5-25-8-30(22,23)24/h6-7,9-10,12-13,16H,5,8H2,1-4H3,(H2,22,23,24)/t10-,12-,13-,16-/m1/s1. The van der Waals surface area contributed by atoms with Gasteiger partial charge in [-0.2, -0.15) is 4.98 Å². The zero-order valence-electron chi connectivity index (χ0n) is 17.0. The molecular weight excluding hydrogens is 419 g/mol. The minimum Gasteiger partial charge on any atom is -0.473 e. The van der Waals surface area contributed by atoms with Gasteiger partial charge in [0.15, 0.2) is 23.2 Å². The van der Waals surface area contributed by atoms with Crippen molar-refractivity contribution in [3.63, 3.8) is 0 Å².